The molecule has 4 aliphatic rings. The average molecular weight is 149 g/mol. The Morgan fingerprint density at radius 2 is 2.00 bits per heavy atom. The minimum absolute atomic E-state index is 0.902. The standard InChI is InChI=1S/C10H15N/c1-11-8-3-6-2-7-4-9(11)10(7,8)5-6/h6-9H,2-5H2,1H3. The summed E-state index contributed by atoms with van der Waals surface area (Å²) in [5.74, 6) is 2.31. The van der Waals surface area contributed by atoms with E-state index in [2.05, 4.69) is 11.9 Å². The van der Waals surface area contributed by atoms with Gasteiger partial charge in [0.05, 0.1) is 0 Å². The first-order valence-electron chi connectivity index (χ1n) is 5.04. The van der Waals surface area contributed by atoms with Crippen LogP contribution in [0.15, 0.2) is 0 Å². The predicted molar refractivity (Wildman–Crippen MR) is 43.2 cm³/mol. The molecule has 4 fully saturated rings. The van der Waals surface area contributed by atoms with E-state index >= 15 is 0 Å². The molecule has 0 amide bonds. The molecule has 5 unspecified atom stereocenters. The maximum Gasteiger partial charge on any atom is 0.0172 e. The fraction of sp³-hybridized carbons (Fsp3) is 1.00. The van der Waals surface area contributed by atoms with Gasteiger partial charge in [0.2, 0.25) is 0 Å². The Balaban J connectivity index is 1.86. The molecular weight excluding hydrogens is 134 g/mol. The molecule has 3 aliphatic carbocycles. The summed E-state index contributed by atoms with van der Waals surface area (Å²) in [4.78, 5) is 2.66. The van der Waals surface area contributed by atoms with Crippen molar-refractivity contribution in [2.45, 2.75) is 37.8 Å². The first-order valence-corrected chi connectivity index (χ1v) is 5.04. The largest absolute Gasteiger partial charge is 0.299 e. The number of piperidine rings is 1. The van der Waals surface area contributed by atoms with E-state index in [1.54, 1.807) is 25.7 Å². The molecule has 1 saturated heterocycles. The van der Waals surface area contributed by atoms with Crippen molar-refractivity contribution in [1.29, 1.82) is 0 Å². The molecule has 1 nitrogen and oxygen atoms in total. The Labute approximate surface area is 67.8 Å². The van der Waals surface area contributed by atoms with Crippen LogP contribution in [-0.2, 0) is 0 Å². The third kappa shape index (κ3) is 0.342. The van der Waals surface area contributed by atoms with Gasteiger partial charge in [-0.2, -0.15) is 0 Å². The molecular formula is C10H15N. The highest BCUT2D eigenvalue weighted by Gasteiger charge is 2.76. The Morgan fingerprint density at radius 1 is 1.18 bits per heavy atom. The lowest BCUT2D eigenvalue weighted by atomic mass is 9.48. The van der Waals surface area contributed by atoms with Crippen LogP contribution < -0.4 is 0 Å². The summed E-state index contributed by atoms with van der Waals surface area (Å²) in [6.07, 6.45) is 6.30. The number of likely N-dealkylation sites (tertiary alicyclic amines) is 1. The summed E-state index contributed by atoms with van der Waals surface area (Å²) < 4.78 is 0. The van der Waals surface area contributed by atoms with E-state index in [1.165, 1.54) is 5.92 Å². The van der Waals surface area contributed by atoms with Crippen molar-refractivity contribution in [3.8, 4) is 0 Å². The van der Waals surface area contributed by atoms with Gasteiger partial charge in [-0.1, -0.05) is 0 Å². The van der Waals surface area contributed by atoms with Crippen LogP contribution in [0.3, 0.4) is 0 Å². The van der Waals surface area contributed by atoms with E-state index in [-0.39, 0.29) is 0 Å². The zero-order valence-corrected chi connectivity index (χ0v) is 7.09. The van der Waals surface area contributed by atoms with Gasteiger partial charge >= 0.3 is 0 Å². The molecule has 0 N–H and O–H groups in total. The summed E-state index contributed by atoms with van der Waals surface area (Å²) in [7, 11) is 2.34. The van der Waals surface area contributed by atoms with Gasteiger partial charge in [-0.05, 0) is 44.6 Å². The monoisotopic (exact) mass is 149 g/mol. The predicted octanol–water partition coefficient (Wildman–Crippen LogP) is 1.49. The van der Waals surface area contributed by atoms with Crippen molar-refractivity contribution in [2.24, 2.45) is 17.3 Å². The second-order valence-electron chi connectivity index (χ2n) is 5.28. The summed E-state index contributed by atoms with van der Waals surface area (Å²) >= 11 is 0. The minimum atomic E-state index is 0.902. The van der Waals surface area contributed by atoms with Crippen molar-refractivity contribution in [2.75, 3.05) is 7.05 Å². The lowest BCUT2D eigenvalue weighted by molar-refractivity contribution is -0.217. The third-order valence-electron chi connectivity index (χ3n) is 5.31. The third-order valence-corrected chi connectivity index (χ3v) is 5.31. The van der Waals surface area contributed by atoms with Gasteiger partial charge in [0.1, 0.15) is 0 Å². The van der Waals surface area contributed by atoms with E-state index in [9.17, 15) is 0 Å². The highest BCUT2D eigenvalue weighted by molar-refractivity contribution is 5.28. The molecule has 11 heavy (non-hydrogen) atoms. The average Bonchev–Trinajstić information content (AvgIpc) is 2.45. The van der Waals surface area contributed by atoms with Crippen molar-refractivity contribution in [3.63, 3.8) is 0 Å². The van der Waals surface area contributed by atoms with Crippen molar-refractivity contribution < 1.29 is 0 Å². The molecule has 60 valence electrons. The second kappa shape index (κ2) is 1.28. The summed E-state index contributed by atoms with van der Waals surface area (Å²) in [6.45, 7) is 0. The van der Waals surface area contributed by atoms with Crippen LogP contribution in [0.4, 0.5) is 0 Å². The first kappa shape index (κ1) is 5.58. The lowest BCUT2D eigenvalue weighted by Gasteiger charge is -2.71. The minimum Gasteiger partial charge on any atom is -0.299 e. The summed E-state index contributed by atoms with van der Waals surface area (Å²) in [6, 6.07) is 2.06. The number of fused-ring (bicyclic) bond motifs is 1. The smallest absolute Gasteiger partial charge is 0.0172 e. The van der Waals surface area contributed by atoms with Gasteiger partial charge in [0.25, 0.3) is 0 Å². The Bertz CT molecular complexity index is 237. The zero-order valence-electron chi connectivity index (χ0n) is 7.09. The number of hydrogen-bond donors (Lipinski definition) is 0. The van der Waals surface area contributed by atoms with Gasteiger partial charge in [0, 0.05) is 17.5 Å². The molecule has 3 saturated carbocycles. The van der Waals surface area contributed by atoms with Crippen LogP contribution in [0.5, 0.6) is 0 Å². The van der Waals surface area contributed by atoms with Crippen LogP contribution in [0.25, 0.3) is 0 Å². The molecule has 0 radical (unpaired) electrons. The van der Waals surface area contributed by atoms with Crippen LogP contribution in [-0.4, -0.2) is 24.0 Å². The summed E-state index contributed by atoms with van der Waals surface area (Å²) in [5, 5.41) is 0. The highest BCUT2D eigenvalue weighted by atomic mass is 15.3. The van der Waals surface area contributed by atoms with Gasteiger partial charge in [-0.15, -0.1) is 0 Å². The van der Waals surface area contributed by atoms with E-state index in [4.69, 9.17) is 0 Å². The molecule has 2 bridgehead atoms. The molecule has 0 aromatic rings. The van der Waals surface area contributed by atoms with E-state index < -0.39 is 0 Å². The Kier molecular flexibility index (Phi) is 0.651. The normalized spacial score (nSPS) is 70.6. The second-order valence-corrected chi connectivity index (χ2v) is 5.28. The van der Waals surface area contributed by atoms with Crippen LogP contribution in [0, 0.1) is 17.3 Å². The fourth-order valence-electron chi connectivity index (χ4n) is 4.99. The van der Waals surface area contributed by atoms with E-state index in [0.717, 1.165) is 23.4 Å². The Hall–Kier alpha value is -0.0400. The quantitative estimate of drug-likeness (QED) is 0.504. The first-order chi connectivity index (χ1) is 5.32. The molecule has 0 aromatic carbocycles. The van der Waals surface area contributed by atoms with Crippen LogP contribution in [0.2, 0.25) is 0 Å². The number of hydrogen-bond acceptors (Lipinski definition) is 1. The van der Waals surface area contributed by atoms with E-state index in [1.807, 2.05) is 0 Å². The maximum absolute atomic E-state index is 2.66. The SMILES string of the molecule is CN1C2CC3CC4CC1C42C3. The van der Waals surface area contributed by atoms with Crippen LogP contribution >= 0.6 is 0 Å². The van der Waals surface area contributed by atoms with Crippen molar-refractivity contribution in [1.82, 2.24) is 4.90 Å². The van der Waals surface area contributed by atoms with Gasteiger partial charge in [-0.25, -0.2) is 0 Å². The molecule has 0 aromatic heterocycles. The van der Waals surface area contributed by atoms with Gasteiger partial charge in [-0.3, -0.25) is 4.90 Å². The zero-order chi connectivity index (χ0) is 7.22. The summed E-state index contributed by atoms with van der Waals surface area (Å²) in [5.41, 5.74) is 0.902. The fourth-order valence-corrected chi connectivity index (χ4v) is 4.99. The molecule has 1 heteroatoms. The topological polar surface area (TPSA) is 3.24 Å². The van der Waals surface area contributed by atoms with Gasteiger partial charge < -0.3 is 0 Å². The lowest BCUT2D eigenvalue weighted by Crippen LogP contribution is -2.77. The van der Waals surface area contributed by atoms with Gasteiger partial charge in [0.15, 0.2) is 0 Å². The van der Waals surface area contributed by atoms with E-state index in [0.29, 0.717) is 0 Å². The molecule has 1 aliphatic heterocycles. The van der Waals surface area contributed by atoms with Crippen molar-refractivity contribution in [3.05, 3.63) is 0 Å². The van der Waals surface area contributed by atoms with Crippen LogP contribution in [0.1, 0.15) is 25.7 Å². The number of nitrogens with zero attached hydrogens (tertiary/aromatic N) is 1. The Morgan fingerprint density at radius 3 is 2.73 bits per heavy atom. The molecule has 5 atom stereocenters. The molecule has 1 spiro atoms. The maximum atomic E-state index is 2.66. The molecule has 4 rings (SSSR count). The highest BCUT2D eigenvalue weighted by Crippen LogP contribution is 2.75. The van der Waals surface area contributed by atoms with Crippen molar-refractivity contribution >= 4 is 0 Å². The number of rotatable bonds is 0. The molecule has 1 heterocycles.